The Kier molecular flexibility index (Phi) is 8.39. The molecule has 0 saturated carbocycles. The smallest absolute Gasteiger partial charge is 0.335 e. The number of hydrogen-bond donors (Lipinski definition) is 1. The van der Waals surface area contributed by atoms with E-state index in [0.29, 0.717) is 18.1 Å². The number of carboxylic acids is 1. The zero-order valence-electron chi connectivity index (χ0n) is 19.4. The average Bonchev–Trinajstić information content (AvgIpc) is 2.88. The van der Waals surface area contributed by atoms with E-state index in [4.69, 9.17) is 14.2 Å². The van der Waals surface area contributed by atoms with Crippen molar-refractivity contribution in [2.24, 2.45) is 4.99 Å². The highest BCUT2D eigenvalue weighted by atomic mass is 79.9. The van der Waals surface area contributed by atoms with Gasteiger partial charge in [0.25, 0.3) is 0 Å². The van der Waals surface area contributed by atoms with Gasteiger partial charge >= 0.3 is 5.97 Å². The molecule has 0 bridgehead atoms. The first-order valence-corrected chi connectivity index (χ1v) is 12.2. The zero-order valence-corrected chi connectivity index (χ0v) is 21.0. The first-order chi connectivity index (χ1) is 17.0. The van der Waals surface area contributed by atoms with Gasteiger partial charge < -0.3 is 24.2 Å². The molecule has 0 aliphatic carbocycles. The number of aliphatic imine (C=N–C) groups is 1. The molecule has 182 valence electrons. The fraction of sp³-hybridized carbons (Fsp3) is 0.259. The lowest BCUT2D eigenvalue weighted by Gasteiger charge is -2.28. The van der Waals surface area contributed by atoms with Gasteiger partial charge in [-0.25, -0.2) is 4.79 Å². The molecule has 4 rings (SSSR count). The molecule has 1 heterocycles. The van der Waals surface area contributed by atoms with Crippen LogP contribution in [0.15, 0.2) is 70.1 Å². The summed E-state index contributed by atoms with van der Waals surface area (Å²) in [5.74, 6) is 0.169. The van der Waals surface area contributed by atoms with Crippen molar-refractivity contribution < 1.29 is 24.1 Å². The molecule has 0 amide bonds. The number of carboxylic acid groups (broad SMARTS) is 1. The van der Waals surface area contributed by atoms with Crippen molar-refractivity contribution in [2.75, 3.05) is 37.8 Å². The molecule has 0 radical (unpaired) electrons. The van der Waals surface area contributed by atoms with Crippen LogP contribution in [0.5, 0.6) is 11.5 Å². The van der Waals surface area contributed by atoms with Crippen molar-refractivity contribution >= 4 is 39.5 Å². The Balaban J connectivity index is 1.47. The van der Waals surface area contributed by atoms with E-state index in [1.54, 1.807) is 24.4 Å². The van der Waals surface area contributed by atoms with Gasteiger partial charge in [-0.15, -0.1) is 0 Å². The highest BCUT2D eigenvalue weighted by Gasteiger charge is 2.13. The third kappa shape index (κ3) is 6.61. The predicted octanol–water partition coefficient (Wildman–Crippen LogP) is 5.71. The molecule has 1 N–H and O–H groups in total. The normalized spacial score (nSPS) is 13.7. The number of morpholine rings is 1. The van der Waals surface area contributed by atoms with Crippen molar-refractivity contribution in [3.63, 3.8) is 0 Å². The van der Waals surface area contributed by atoms with Crippen LogP contribution >= 0.6 is 15.9 Å². The summed E-state index contributed by atoms with van der Waals surface area (Å²) in [6.45, 7) is 5.90. The Morgan fingerprint density at radius 2 is 1.89 bits per heavy atom. The second-order valence-corrected chi connectivity index (χ2v) is 8.79. The molecule has 1 aliphatic heterocycles. The van der Waals surface area contributed by atoms with Gasteiger partial charge in [0, 0.05) is 25.0 Å². The van der Waals surface area contributed by atoms with Gasteiger partial charge in [0.15, 0.2) is 11.5 Å². The van der Waals surface area contributed by atoms with E-state index in [0.717, 1.165) is 47.6 Å². The Morgan fingerprint density at radius 3 is 2.60 bits per heavy atom. The number of hydrogen-bond acceptors (Lipinski definition) is 6. The molecular formula is C27H27BrN2O5. The zero-order chi connectivity index (χ0) is 24.6. The standard InChI is InChI=1S/C27H27BrN2O5/c1-2-34-25-16-20(17-29-22-6-8-23(9-7-22)30-10-12-33-13-11-30)15-24(28)26(25)35-18-19-4-3-5-21(14-19)27(31)32/h3-9,14-17H,2,10-13,18H2,1H3,(H,31,32). The highest BCUT2D eigenvalue weighted by molar-refractivity contribution is 9.10. The third-order valence-corrected chi connectivity index (χ3v) is 6.07. The maximum absolute atomic E-state index is 11.2. The van der Waals surface area contributed by atoms with Crippen molar-refractivity contribution in [2.45, 2.75) is 13.5 Å². The maximum atomic E-state index is 11.2. The monoisotopic (exact) mass is 538 g/mol. The van der Waals surface area contributed by atoms with Crippen LogP contribution in [0.1, 0.15) is 28.4 Å². The molecule has 1 saturated heterocycles. The molecule has 7 nitrogen and oxygen atoms in total. The quantitative estimate of drug-likeness (QED) is 0.351. The Hall–Kier alpha value is -3.36. The van der Waals surface area contributed by atoms with Crippen molar-refractivity contribution in [1.29, 1.82) is 0 Å². The van der Waals surface area contributed by atoms with E-state index in [2.05, 4.69) is 38.0 Å². The lowest BCUT2D eigenvalue weighted by Crippen LogP contribution is -2.36. The molecule has 35 heavy (non-hydrogen) atoms. The van der Waals surface area contributed by atoms with Gasteiger partial charge in [-0.3, -0.25) is 4.99 Å². The van der Waals surface area contributed by atoms with Gasteiger partial charge in [-0.2, -0.15) is 0 Å². The van der Waals surface area contributed by atoms with Crippen molar-refractivity contribution in [1.82, 2.24) is 0 Å². The topological polar surface area (TPSA) is 80.6 Å². The minimum Gasteiger partial charge on any atom is -0.490 e. The van der Waals surface area contributed by atoms with E-state index >= 15 is 0 Å². The number of anilines is 1. The Bertz CT molecular complexity index is 1190. The predicted molar refractivity (Wildman–Crippen MR) is 140 cm³/mol. The molecule has 1 fully saturated rings. The van der Waals surface area contributed by atoms with Crippen LogP contribution in [0.2, 0.25) is 0 Å². The second-order valence-electron chi connectivity index (χ2n) is 7.93. The third-order valence-electron chi connectivity index (χ3n) is 5.48. The van der Waals surface area contributed by atoms with Gasteiger partial charge in [-0.05, 0) is 82.5 Å². The fourth-order valence-electron chi connectivity index (χ4n) is 3.74. The lowest BCUT2D eigenvalue weighted by atomic mass is 10.1. The number of rotatable bonds is 9. The van der Waals surface area contributed by atoms with Crippen LogP contribution in [0.4, 0.5) is 11.4 Å². The highest BCUT2D eigenvalue weighted by Crippen LogP contribution is 2.37. The summed E-state index contributed by atoms with van der Waals surface area (Å²) in [7, 11) is 0. The first-order valence-electron chi connectivity index (χ1n) is 11.4. The molecule has 0 unspecified atom stereocenters. The number of carbonyl (C=O) groups is 1. The number of benzene rings is 3. The van der Waals surface area contributed by atoms with Crippen LogP contribution < -0.4 is 14.4 Å². The minimum absolute atomic E-state index is 0.211. The minimum atomic E-state index is -0.970. The molecule has 3 aromatic rings. The molecule has 8 heteroatoms. The van der Waals surface area contributed by atoms with E-state index in [-0.39, 0.29) is 12.2 Å². The van der Waals surface area contributed by atoms with Gasteiger partial charge in [0.1, 0.15) is 6.61 Å². The summed E-state index contributed by atoms with van der Waals surface area (Å²) in [5, 5.41) is 9.20. The van der Waals surface area contributed by atoms with Crippen molar-refractivity contribution in [3.05, 3.63) is 81.8 Å². The van der Waals surface area contributed by atoms with Gasteiger partial charge in [0.05, 0.1) is 35.5 Å². The number of ether oxygens (including phenoxy) is 3. The van der Waals surface area contributed by atoms with E-state index in [1.165, 1.54) is 5.69 Å². The summed E-state index contributed by atoms with van der Waals surface area (Å²) in [4.78, 5) is 18.1. The van der Waals surface area contributed by atoms with Crippen LogP contribution in [0.3, 0.4) is 0 Å². The lowest BCUT2D eigenvalue weighted by molar-refractivity contribution is 0.0696. The molecule has 3 aromatic carbocycles. The number of nitrogens with zero attached hydrogens (tertiary/aromatic N) is 2. The Labute approximate surface area is 213 Å². The molecule has 0 atom stereocenters. The largest absolute Gasteiger partial charge is 0.490 e. The van der Waals surface area contributed by atoms with E-state index < -0.39 is 5.97 Å². The van der Waals surface area contributed by atoms with Crippen LogP contribution in [0.25, 0.3) is 0 Å². The average molecular weight is 539 g/mol. The van der Waals surface area contributed by atoms with Crippen LogP contribution in [-0.4, -0.2) is 50.2 Å². The van der Waals surface area contributed by atoms with Gasteiger partial charge in [0.2, 0.25) is 0 Å². The van der Waals surface area contributed by atoms with E-state index in [9.17, 15) is 9.90 Å². The summed E-state index contributed by atoms with van der Waals surface area (Å²) in [6.07, 6.45) is 1.79. The molecule has 0 aromatic heterocycles. The number of halogens is 1. The molecular weight excluding hydrogens is 512 g/mol. The van der Waals surface area contributed by atoms with Crippen LogP contribution in [-0.2, 0) is 11.3 Å². The maximum Gasteiger partial charge on any atom is 0.335 e. The molecule has 1 aliphatic rings. The summed E-state index contributed by atoms with van der Waals surface area (Å²) in [5.41, 5.74) is 3.86. The summed E-state index contributed by atoms with van der Waals surface area (Å²) >= 11 is 3.58. The Morgan fingerprint density at radius 1 is 1.11 bits per heavy atom. The first kappa shape index (κ1) is 24.8. The molecule has 0 spiro atoms. The SMILES string of the molecule is CCOc1cc(C=Nc2ccc(N3CCOCC3)cc2)cc(Br)c1OCc1cccc(C(=O)O)c1. The number of aromatic carboxylic acids is 1. The fourth-order valence-corrected chi connectivity index (χ4v) is 4.31. The van der Waals surface area contributed by atoms with E-state index in [1.807, 2.05) is 37.3 Å². The van der Waals surface area contributed by atoms with Crippen LogP contribution in [0, 0.1) is 0 Å². The summed E-state index contributed by atoms with van der Waals surface area (Å²) in [6, 6.07) is 18.6. The summed E-state index contributed by atoms with van der Waals surface area (Å²) < 4.78 is 18.0. The van der Waals surface area contributed by atoms with Crippen molar-refractivity contribution in [3.8, 4) is 11.5 Å². The van der Waals surface area contributed by atoms with Gasteiger partial charge in [-0.1, -0.05) is 12.1 Å². The second kappa shape index (κ2) is 11.9.